The normalized spacial score (nSPS) is 10.6. The Labute approximate surface area is 107 Å². The van der Waals surface area contributed by atoms with Gasteiger partial charge in [0.05, 0.1) is 5.76 Å². The summed E-state index contributed by atoms with van der Waals surface area (Å²) in [7, 11) is 0. The van der Waals surface area contributed by atoms with Gasteiger partial charge in [0.1, 0.15) is 0 Å². The van der Waals surface area contributed by atoms with Crippen molar-refractivity contribution in [2.45, 2.75) is 77.0 Å². The van der Waals surface area contributed by atoms with Crippen molar-refractivity contribution >= 4 is 0 Å². The second kappa shape index (κ2) is 13.6. The molecule has 0 heterocycles. The fourth-order valence-electron chi connectivity index (χ4n) is 2.03. The summed E-state index contributed by atoms with van der Waals surface area (Å²) in [6.07, 6.45) is 14.5. The summed E-state index contributed by atoms with van der Waals surface area (Å²) in [6, 6.07) is 0. The van der Waals surface area contributed by atoms with E-state index in [-0.39, 0.29) is 0 Å². The molecule has 2 N–H and O–H groups in total. The van der Waals surface area contributed by atoms with Crippen molar-refractivity contribution in [1.82, 2.24) is 0 Å². The van der Waals surface area contributed by atoms with Gasteiger partial charge in [-0.3, -0.25) is 0 Å². The lowest BCUT2D eigenvalue weighted by Gasteiger charge is -2.02. The van der Waals surface area contributed by atoms with Crippen LogP contribution in [0.25, 0.3) is 0 Å². The van der Waals surface area contributed by atoms with Gasteiger partial charge in [-0.2, -0.15) is 0 Å². The largest absolute Gasteiger partial charge is 0.513 e. The number of hydrogen-bond donors (Lipinski definition) is 2. The summed E-state index contributed by atoms with van der Waals surface area (Å²) < 4.78 is 0. The van der Waals surface area contributed by atoms with Crippen LogP contribution in [0.2, 0.25) is 0 Å². The third-order valence-electron chi connectivity index (χ3n) is 3.12. The van der Waals surface area contributed by atoms with Crippen LogP contribution in [-0.4, -0.2) is 16.8 Å². The first kappa shape index (κ1) is 16.5. The third kappa shape index (κ3) is 15.5. The fourth-order valence-corrected chi connectivity index (χ4v) is 2.03. The molecule has 0 atom stereocenters. The van der Waals surface area contributed by atoms with Crippen LogP contribution in [0.5, 0.6) is 0 Å². The molecule has 0 amide bonds. The quantitative estimate of drug-likeness (QED) is 0.362. The first-order chi connectivity index (χ1) is 8.27. The number of hydrogen-bond acceptors (Lipinski definition) is 2. The van der Waals surface area contributed by atoms with Crippen molar-refractivity contribution in [3.8, 4) is 0 Å². The summed E-state index contributed by atoms with van der Waals surface area (Å²) >= 11 is 0. The maximum atomic E-state index is 8.90. The van der Waals surface area contributed by atoms with E-state index in [1.807, 2.05) is 0 Å². The van der Waals surface area contributed by atoms with Gasteiger partial charge < -0.3 is 10.2 Å². The van der Waals surface area contributed by atoms with E-state index in [0.717, 1.165) is 19.3 Å². The van der Waals surface area contributed by atoms with Crippen LogP contribution in [0.1, 0.15) is 77.0 Å². The Hall–Kier alpha value is -0.500. The second-order valence-electron chi connectivity index (χ2n) is 4.93. The molecule has 0 radical (unpaired) electrons. The molecule has 0 aromatic rings. The van der Waals surface area contributed by atoms with Crippen molar-refractivity contribution in [2.75, 3.05) is 6.61 Å². The molecule has 0 unspecified atom stereocenters. The number of allylic oxidation sites excluding steroid dienone is 1. The minimum atomic E-state index is 0.327. The highest BCUT2D eigenvalue weighted by Crippen LogP contribution is 2.12. The number of unbranched alkanes of at least 4 members (excludes halogenated alkanes) is 10. The van der Waals surface area contributed by atoms with Gasteiger partial charge in [-0.15, -0.1) is 0 Å². The van der Waals surface area contributed by atoms with E-state index in [4.69, 9.17) is 10.2 Å². The molecule has 0 rings (SSSR count). The van der Waals surface area contributed by atoms with Gasteiger partial charge in [0, 0.05) is 13.0 Å². The fraction of sp³-hybridized carbons (Fsp3) is 0.867. The molecule has 0 saturated carbocycles. The van der Waals surface area contributed by atoms with Gasteiger partial charge in [-0.05, 0) is 12.8 Å². The zero-order valence-corrected chi connectivity index (χ0v) is 11.3. The van der Waals surface area contributed by atoms with Crippen molar-refractivity contribution < 1.29 is 10.2 Å². The second-order valence-corrected chi connectivity index (χ2v) is 4.93. The average molecular weight is 242 g/mol. The average Bonchev–Trinajstić information content (AvgIpc) is 2.30. The van der Waals surface area contributed by atoms with Crippen molar-refractivity contribution in [3.05, 3.63) is 12.3 Å². The number of aliphatic hydroxyl groups is 2. The van der Waals surface area contributed by atoms with Gasteiger partial charge in [-0.1, -0.05) is 64.4 Å². The van der Waals surface area contributed by atoms with Gasteiger partial charge in [0.15, 0.2) is 0 Å². The monoisotopic (exact) mass is 242 g/mol. The van der Waals surface area contributed by atoms with Crippen LogP contribution in [0.4, 0.5) is 0 Å². The molecule has 0 fully saturated rings. The molecule has 17 heavy (non-hydrogen) atoms. The molecule has 0 aromatic carbocycles. The Morgan fingerprint density at radius 1 is 0.647 bits per heavy atom. The minimum absolute atomic E-state index is 0.327. The van der Waals surface area contributed by atoms with E-state index in [9.17, 15) is 0 Å². The highest BCUT2D eigenvalue weighted by atomic mass is 16.3. The van der Waals surface area contributed by atoms with E-state index >= 15 is 0 Å². The van der Waals surface area contributed by atoms with Crippen LogP contribution in [0.15, 0.2) is 12.3 Å². The standard InChI is InChI=1S/C15H30O2/c1-15(17)13-11-9-7-5-3-2-4-6-8-10-12-14-16/h16-17H,1-14H2. The third-order valence-corrected chi connectivity index (χ3v) is 3.12. The molecule has 0 aliphatic rings. The highest BCUT2D eigenvalue weighted by molar-refractivity contribution is 4.77. The number of aliphatic hydroxyl groups excluding tert-OH is 2. The SMILES string of the molecule is C=C(O)CCCCCCCCCCCCCO. The molecule has 2 heteroatoms. The summed E-state index contributed by atoms with van der Waals surface area (Å²) in [5.41, 5.74) is 0. The van der Waals surface area contributed by atoms with Crippen molar-refractivity contribution in [3.63, 3.8) is 0 Å². The van der Waals surface area contributed by atoms with Crippen LogP contribution < -0.4 is 0 Å². The maximum absolute atomic E-state index is 8.90. The Kier molecular flexibility index (Phi) is 13.2. The van der Waals surface area contributed by atoms with Crippen LogP contribution in [-0.2, 0) is 0 Å². The Balaban J connectivity index is 2.91. The van der Waals surface area contributed by atoms with Gasteiger partial charge in [-0.25, -0.2) is 0 Å². The Bertz CT molecular complexity index is 166. The molecule has 0 aliphatic carbocycles. The molecular weight excluding hydrogens is 212 g/mol. The molecule has 0 aromatic heterocycles. The van der Waals surface area contributed by atoms with Crippen LogP contribution in [0, 0.1) is 0 Å². The zero-order chi connectivity index (χ0) is 12.8. The first-order valence-corrected chi connectivity index (χ1v) is 7.25. The van der Waals surface area contributed by atoms with Crippen molar-refractivity contribution in [2.24, 2.45) is 0 Å². The van der Waals surface area contributed by atoms with E-state index < -0.39 is 0 Å². The summed E-state index contributed by atoms with van der Waals surface area (Å²) in [5.74, 6) is 0.327. The van der Waals surface area contributed by atoms with Gasteiger partial charge in [0.25, 0.3) is 0 Å². The Morgan fingerprint density at radius 3 is 1.35 bits per heavy atom. The van der Waals surface area contributed by atoms with Crippen LogP contribution >= 0.6 is 0 Å². The lowest BCUT2D eigenvalue weighted by Crippen LogP contribution is -1.85. The summed E-state index contributed by atoms with van der Waals surface area (Å²) in [6.45, 7) is 3.83. The van der Waals surface area contributed by atoms with Gasteiger partial charge >= 0.3 is 0 Å². The topological polar surface area (TPSA) is 40.5 Å². The summed E-state index contributed by atoms with van der Waals surface area (Å²) in [4.78, 5) is 0. The molecule has 0 aliphatic heterocycles. The summed E-state index contributed by atoms with van der Waals surface area (Å²) in [5, 5.41) is 17.5. The molecular formula is C15H30O2. The lowest BCUT2D eigenvalue weighted by atomic mass is 10.1. The molecule has 0 saturated heterocycles. The predicted octanol–water partition coefficient (Wildman–Crippen LogP) is 4.73. The highest BCUT2D eigenvalue weighted by Gasteiger charge is 1.94. The molecule has 0 spiro atoms. The van der Waals surface area contributed by atoms with Crippen molar-refractivity contribution in [1.29, 1.82) is 0 Å². The number of rotatable bonds is 13. The van der Waals surface area contributed by atoms with E-state index in [1.54, 1.807) is 0 Å². The molecule has 0 bridgehead atoms. The van der Waals surface area contributed by atoms with E-state index in [2.05, 4.69) is 6.58 Å². The maximum Gasteiger partial charge on any atom is 0.0851 e. The van der Waals surface area contributed by atoms with E-state index in [1.165, 1.54) is 57.8 Å². The van der Waals surface area contributed by atoms with E-state index in [0.29, 0.717) is 12.4 Å². The molecule has 2 nitrogen and oxygen atoms in total. The lowest BCUT2D eigenvalue weighted by molar-refractivity contribution is 0.282. The first-order valence-electron chi connectivity index (χ1n) is 7.25. The zero-order valence-electron chi connectivity index (χ0n) is 11.3. The minimum Gasteiger partial charge on any atom is -0.513 e. The van der Waals surface area contributed by atoms with Gasteiger partial charge in [0.2, 0.25) is 0 Å². The molecule has 102 valence electrons. The predicted molar refractivity (Wildman–Crippen MR) is 74.3 cm³/mol. The smallest absolute Gasteiger partial charge is 0.0851 e. The van der Waals surface area contributed by atoms with Crippen LogP contribution in [0.3, 0.4) is 0 Å². The Morgan fingerprint density at radius 2 is 1.00 bits per heavy atom.